The molecule has 1 atom stereocenters. The van der Waals surface area contributed by atoms with Crippen LogP contribution in [0.1, 0.15) is 12.5 Å². The van der Waals surface area contributed by atoms with Gasteiger partial charge < -0.3 is 20.2 Å². The van der Waals surface area contributed by atoms with Crippen LogP contribution in [0.2, 0.25) is 0 Å². The Balaban J connectivity index is 1.92. The van der Waals surface area contributed by atoms with Crippen molar-refractivity contribution in [3.8, 4) is 0 Å². The molecule has 0 radical (unpaired) electrons. The zero-order valence-electron chi connectivity index (χ0n) is 12.4. The Morgan fingerprint density at radius 3 is 2.52 bits per heavy atom. The standard InChI is InChI=1S/C15H21N3O3/c1-11-10-18(8-7-17(11)2)15(21)16-13-5-3-12(4-6-13)9-14(19)20/h3-6,11H,7-10H2,1-2H3,(H,16,21)(H,19,20). The highest BCUT2D eigenvalue weighted by atomic mass is 16.4. The molecule has 0 aliphatic carbocycles. The molecule has 1 unspecified atom stereocenters. The quantitative estimate of drug-likeness (QED) is 0.885. The number of amides is 2. The van der Waals surface area contributed by atoms with E-state index in [0.29, 0.717) is 30.4 Å². The number of aliphatic carboxylic acids is 1. The Kier molecular flexibility index (Phi) is 4.80. The molecule has 1 aromatic rings. The van der Waals surface area contributed by atoms with E-state index in [9.17, 15) is 9.59 Å². The highest BCUT2D eigenvalue weighted by Gasteiger charge is 2.24. The summed E-state index contributed by atoms with van der Waals surface area (Å²) in [7, 11) is 2.06. The Hall–Kier alpha value is -2.08. The molecule has 0 bridgehead atoms. The average molecular weight is 291 g/mol. The van der Waals surface area contributed by atoms with Crippen molar-refractivity contribution in [2.45, 2.75) is 19.4 Å². The van der Waals surface area contributed by atoms with E-state index in [1.165, 1.54) is 0 Å². The molecule has 1 aliphatic heterocycles. The third kappa shape index (κ3) is 4.19. The maximum atomic E-state index is 12.2. The van der Waals surface area contributed by atoms with Crippen LogP contribution in [0.3, 0.4) is 0 Å². The number of urea groups is 1. The molecule has 2 N–H and O–H groups in total. The van der Waals surface area contributed by atoms with Crippen LogP contribution in [-0.2, 0) is 11.2 Å². The van der Waals surface area contributed by atoms with Gasteiger partial charge >= 0.3 is 12.0 Å². The molecule has 1 saturated heterocycles. The summed E-state index contributed by atoms with van der Waals surface area (Å²) in [4.78, 5) is 26.8. The van der Waals surface area contributed by atoms with Crippen LogP contribution in [0.4, 0.5) is 10.5 Å². The van der Waals surface area contributed by atoms with Crippen LogP contribution >= 0.6 is 0 Å². The van der Waals surface area contributed by atoms with Gasteiger partial charge in [-0.3, -0.25) is 4.79 Å². The minimum absolute atomic E-state index is 0.00972. The number of nitrogens with one attached hydrogen (secondary N) is 1. The van der Waals surface area contributed by atoms with Crippen molar-refractivity contribution >= 4 is 17.7 Å². The van der Waals surface area contributed by atoms with Gasteiger partial charge in [-0.25, -0.2) is 4.79 Å². The fraction of sp³-hybridized carbons (Fsp3) is 0.467. The van der Waals surface area contributed by atoms with Gasteiger partial charge in [0.25, 0.3) is 0 Å². The van der Waals surface area contributed by atoms with Gasteiger partial charge in [0.15, 0.2) is 0 Å². The molecule has 2 amide bonds. The lowest BCUT2D eigenvalue weighted by Crippen LogP contribution is -2.53. The second-order valence-corrected chi connectivity index (χ2v) is 5.47. The lowest BCUT2D eigenvalue weighted by atomic mass is 10.1. The number of likely N-dealkylation sites (N-methyl/N-ethyl adjacent to an activating group) is 1. The summed E-state index contributed by atoms with van der Waals surface area (Å²) < 4.78 is 0. The maximum Gasteiger partial charge on any atom is 0.321 e. The van der Waals surface area contributed by atoms with Crippen LogP contribution in [0.15, 0.2) is 24.3 Å². The Bertz CT molecular complexity index is 515. The van der Waals surface area contributed by atoms with E-state index in [2.05, 4.69) is 24.2 Å². The van der Waals surface area contributed by atoms with Gasteiger partial charge in [0.2, 0.25) is 0 Å². The van der Waals surface area contributed by atoms with Crippen LogP contribution < -0.4 is 5.32 Å². The van der Waals surface area contributed by atoms with Crippen molar-refractivity contribution in [2.24, 2.45) is 0 Å². The fourth-order valence-corrected chi connectivity index (χ4v) is 2.32. The zero-order chi connectivity index (χ0) is 15.4. The second-order valence-electron chi connectivity index (χ2n) is 5.47. The molecule has 1 fully saturated rings. The minimum atomic E-state index is -0.863. The van der Waals surface area contributed by atoms with Crippen LogP contribution in [0.25, 0.3) is 0 Å². The summed E-state index contributed by atoms with van der Waals surface area (Å²) in [5.41, 5.74) is 1.40. The van der Waals surface area contributed by atoms with E-state index in [4.69, 9.17) is 5.11 Å². The van der Waals surface area contributed by atoms with Crippen molar-refractivity contribution in [1.82, 2.24) is 9.80 Å². The number of anilines is 1. The molecule has 114 valence electrons. The van der Waals surface area contributed by atoms with E-state index in [0.717, 1.165) is 6.54 Å². The molecular weight excluding hydrogens is 270 g/mol. The van der Waals surface area contributed by atoms with Gasteiger partial charge in [-0.05, 0) is 31.7 Å². The summed E-state index contributed by atoms with van der Waals surface area (Å²) in [6.07, 6.45) is -0.00972. The fourth-order valence-electron chi connectivity index (χ4n) is 2.32. The molecule has 0 saturated carbocycles. The number of carbonyl (C=O) groups excluding carboxylic acids is 1. The molecule has 1 aromatic carbocycles. The normalized spacial score (nSPS) is 19.3. The molecule has 0 aromatic heterocycles. The van der Waals surface area contributed by atoms with Gasteiger partial charge in [-0.15, -0.1) is 0 Å². The number of carboxylic acids is 1. The van der Waals surface area contributed by atoms with Crippen molar-refractivity contribution in [3.63, 3.8) is 0 Å². The predicted molar refractivity (Wildman–Crippen MR) is 80.5 cm³/mol. The molecule has 0 spiro atoms. The van der Waals surface area contributed by atoms with Crippen molar-refractivity contribution in [1.29, 1.82) is 0 Å². The minimum Gasteiger partial charge on any atom is -0.481 e. The van der Waals surface area contributed by atoms with Gasteiger partial charge in [0.05, 0.1) is 6.42 Å². The van der Waals surface area contributed by atoms with Gasteiger partial charge in [-0.2, -0.15) is 0 Å². The monoisotopic (exact) mass is 291 g/mol. The maximum absolute atomic E-state index is 12.2. The summed E-state index contributed by atoms with van der Waals surface area (Å²) in [5.74, 6) is -0.863. The first-order valence-electron chi connectivity index (χ1n) is 7.02. The summed E-state index contributed by atoms with van der Waals surface area (Å²) in [6.45, 7) is 4.38. The number of nitrogens with zero attached hydrogens (tertiary/aromatic N) is 2. The second kappa shape index (κ2) is 6.58. The molecule has 21 heavy (non-hydrogen) atoms. The zero-order valence-corrected chi connectivity index (χ0v) is 12.4. The van der Waals surface area contributed by atoms with Gasteiger partial charge in [0.1, 0.15) is 0 Å². The number of benzene rings is 1. The van der Waals surface area contributed by atoms with Crippen LogP contribution in [-0.4, -0.2) is 59.6 Å². The largest absolute Gasteiger partial charge is 0.481 e. The van der Waals surface area contributed by atoms with E-state index in [1.807, 2.05) is 0 Å². The number of piperazine rings is 1. The lowest BCUT2D eigenvalue weighted by molar-refractivity contribution is -0.136. The van der Waals surface area contributed by atoms with Crippen molar-refractivity contribution in [2.75, 3.05) is 32.0 Å². The molecule has 6 nitrogen and oxygen atoms in total. The lowest BCUT2D eigenvalue weighted by Gasteiger charge is -2.37. The first kappa shape index (κ1) is 15.3. The first-order valence-corrected chi connectivity index (χ1v) is 7.02. The van der Waals surface area contributed by atoms with Gasteiger partial charge in [0, 0.05) is 31.4 Å². The van der Waals surface area contributed by atoms with E-state index in [-0.39, 0.29) is 12.5 Å². The number of rotatable bonds is 3. The third-order valence-corrected chi connectivity index (χ3v) is 3.81. The smallest absolute Gasteiger partial charge is 0.321 e. The Labute approximate surface area is 124 Å². The Morgan fingerprint density at radius 2 is 1.95 bits per heavy atom. The molecule has 1 heterocycles. The SMILES string of the molecule is CC1CN(C(=O)Nc2ccc(CC(=O)O)cc2)CCN1C. The Morgan fingerprint density at radius 1 is 1.29 bits per heavy atom. The summed E-state index contributed by atoms with van der Waals surface area (Å²) in [6, 6.07) is 7.14. The van der Waals surface area contributed by atoms with Crippen LogP contribution in [0, 0.1) is 0 Å². The highest BCUT2D eigenvalue weighted by molar-refractivity contribution is 5.89. The average Bonchev–Trinajstić information content (AvgIpc) is 2.43. The topological polar surface area (TPSA) is 72.9 Å². The molecule has 6 heteroatoms. The summed E-state index contributed by atoms with van der Waals surface area (Å²) >= 11 is 0. The van der Waals surface area contributed by atoms with Crippen molar-refractivity contribution in [3.05, 3.63) is 29.8 Å². The first-order chi connectivity index (χ1) is 9.95. The predicted octanol–water partition coefficient (Wildman–Crippen LogP) is 1.48. The number of carboxylic acid groups (broad SMARTS) is 1. The number of hydrogen-bond acceptors (Lipinski definition) is 3. The highest BCUT2D eigenvalue weighted by Crippen LogP contribution is 2.13. The molecule has 2 rings (SSSR count). The van der Waals surface area contributed by atoms with E-state index < -0.39 is 5.97 Å². The van der Waals surface area contributed by atoms with Gasteiger partial charge in [-0.1, -0.05) is 12.1 Å². The summed E-state index contributed by atoms with van der Waals surface area (Å²) in [5, 5.41) is 11.6. The number of carbonyl (C=O) groups is 2. The van der Waals surface area contributed by atoms with E-state index >= 15 is 0 Å². The van der Waals surface area contributed by atoms with Crippen LogP contribution in [0.5, 0.6) is 0 Å². The molecular formula is C15H21N3O3. The number of hydrogen-bond donors (Lipinski definition) is 2. The van der Waals surface area contributed by atoms with E-state index in [1.54, 1.807) is 29.2 Å². The van der Waals surface area contributed by atoms with Crippen molar-refractivity contribution < 1.29 is 14.7 Å². The third-order valence-electron chi connectivity index (χ3n) is 3.81. The molecule has 1 aliphatic rings.